The third-order valence-corrected chi connectivity index (χ3v) is 4.53. The van der Waals surface area contributed by atoms with Gasteiger partial charge in [0.05, 0.1) is 0 Å². The minimum absolute atomic E-state index is 0.145. The Morgan fingerprint density at radius 1 is 1.32 bits per heavy atom. The van der Waals surface area contributed by atoms with E-state index in [2.05, 4.69) is 19.2 Å². The summed E-state index contributed by atoms with van der Waals surface area (Å²) in [4.78, 5) is 12.2. The highest BCUT2D eigenvalue weighted by atomic mass is 35.5. The van der Waals surface area contributed by atoms with E-state index in [9.17, 15) is 4.79 Å². The summed E-state index contributed by atoms with van der Waals surface area (Å²) in [6.07, 6.45) is 3.33. The molecule has 0 aromatic heterocycles. The summed E-state index contributed by atoms with van der Waals surface area (Å²) in [5.41, 5.74) is 2.37. The lowest BCUT2D eigenvalue weighted by Crippen LogP contribution is -2.35. The Hall–Kier alpha value is -1.02. The fourth-order valence-electron chi connectivity index (χ4n) is 2.87. The highest BCUT2D eigenvalue weighted by molar-refractivity contribution is 6.17. The van der Waals surface area contributed by atoms with Crippen molar-refractivity contribution in [3.05, 3.63) is 35.4 Å². The van der Waals surface area contributed by atoms with Gasteiger partial charge >= 0.3 is 0 Å². The SMILES string of the molecule is CC1(C)CCCC1C(=O)NCc1ccc(CCl)cc1. The van der Waals surface area contributed by atoms with Gasteiger partial charge < -0.3 is 5.32 Å². The maximum Gasteiger partial charge on any atom is 0.223 e. The van der Waals surface area contributed by atoms with E-state index in [1.54, 1.807) is 0 Å². The number of hydrogen-bond donors (Lipinski definition) is 1. The molecule has 0 bridgehead atoms. The molecule has 19 heavy (non-hydrogen) atoms. The van der Waals surface area contributed by atoms with Gasteiger partial charge in [0.2, 0.25) is 5.91 Å². The Bertz CT molecular complexity index is 439. The molecular weight excluding hydrogens is 258 g/mol. The van der Waals surface area contributed by atoms with E-state index in [-0.39, 0.29) is 17.2 Å². The van der Waals surface area contributed by atoms with Crippen LogP contribution in [0.4, 0.5) is 0 Å². The van der Waals surface area contributed by atoms with Crippen molar-refractivity contribution in [3.63, 3.8) is 0 Å². The van der Waals surface area contributed by atoms with E-state index in [0.29, 0.717) is 12.4 Å². The number of hydrogen-bond acceptors (Lipinski definition) is 1. The first-order valence-electron chi connectivity index (χ1n) is 6.94. The maximum absolute atomic E-state index is 12.2. The van der Waals surface area contributed by atoms with Gasteiger partial charge in [-0.25, -0.2) is 0 Å². The van der Waals surface area contributed by atoms with Gasteiger partial charge in [-0.2, -0.15) is 0 Å². The lowest BCUT2D eigenvalue weighted by molar-refractivity contribution is -0.127. The molecule has 1 amide bonds. The maximum atomic E-state index is 12.2. The first kappa shape index (κ1) is 14.4. The van der Waals surface area contributed by atoms with Gasteiger partial charge in [-0.15, -0.1) is 11.6 Å². The van der Waals surface area contributed by atoms with Crippen LogP contribution in [0.15, 0.2) is 24.3 Å². The van der Waals surface area contributed by atoms with E-state index in [4.69, 9.17) is 11.6 Å². The van der Waals surface area contributed by atoms with E-state index >= 15 is 0 Å². The number of alkyl halides is 1. The Morgan fingerprint density at radius 2 is 1.95 bits per heavy atom. The molecule has 1 saturated carbocycles. The average molecular weight is 280 g/mol. The fraction of sp³-hybridized carbons (Fsp3) is 0.562. The standard InChI is InChI=1S/C16H22ClNO/c1-16(2)9-3-4-14(16)15(19)18-11-13-7-5-12(10-17)6-8-13/h5-8,14H,3-4,9-11H2,1-2H3,(H,18,19). The summed E-state index contributed by atoms with van der Waals surface area (Å²) in [5.74, 6) is 0.890. The second-order valence-electron chi connectivity index (χ2n) is 6.10. The molecular formula is C16H22ClNO. The van der Waals surface area contributed by atoms with Gasteiger partial charge in [0, 0.05) is 18.3 Å². The fourth-order valence-corrected chi connectivity index (χ4v) is 3.05. The third kappa shape index (κ3) is 3.50. The molecule has 3 heteroatoms. The first-order valence-corrected chi connectivity index (χ1v) is 7.48. The van der Waals surface area contributed by atoms with Crippen molar-refractivity contribution in [2.75, 3.05) is 0 Å². The smallest absolute Gasteiger partial charge is 0.223 e. The molecule has 1 atom stereocenters. The molecule has 1 aliphatic rings. The van der Waals surface area contributed by atoms with Gasteiger partial charge in [-0.3, -0.25) is 4.79 Å². The Labute approximate surface area is 120 Å². The number of benzene rings is 1. The molecule has 1 N–H and O–H groups in total. The summed E-state index contributed by atoms with van der Waals surface area (Å²) in [7, 11) is 0. The minimum Gasteiger partial charge on any atom is -0.352 e. The predicted molar refractivity (Wildman–Crippen MR) is 79.0 cm³/mol. The predicted octanol–water partition coefficient (Wildman–Crippen LogP) is 3.87. The van der Waals surface area contributed by atoms with E-state index in [1.807, 2.05) is 24.3 Å². The number of nitrogens with one attached hydrogen (secondary N) is 1. The van der Waals surface area contributed by atoms with Crippen LogP contribution in [0.2, 0.25) is 0 Å². The number of halogens is 1. The third-order valence-electron chi connectivity index (χ3n) is 4.22. The molecule has 0 aliphatic heterocycles. The summed E-state index contributed by atoms with van der Waals surface area (Å²) in [6.45, 7) is 4.99. The molecule has 0 saturated heterocycles. The van der Waals surface area contributed by atoms with Crippen molar-refractivity contribution in [2.45, 2.75) is 45.5 Å². The molecule has 0 radical (unpaired) electrons. The zero-order valence-corrected chi connectivity index (χ0v) is 12.5. The molecule has 0 spiro atoms. The number of carbonyl (C=O) groups is 1. The molecule has 1 fully saturated rings. The second-order valence-corrected chi connectivity index (χ2v) is 6.37. The summed E-state index contributed by atoms with van der Waals surface area (Å²) < 4.78 is 0. The number of carbonyl (C=O) groups excluding carboxylic acids is 1. The highest BCUT2D eigenvalue weighted by Gasteiger charge is 2.38. The second kappa shape index (κ2) is 5.96. The molecule has 104 valence electrons. The molecule has 1 aliphatic carbocycles. The van der Waals surface area contributed by atoms with Crippen LogP contribution in [0.5, 0.6) is 0 Å². The Kier molecular flexibility index (Phi) is 4.51. The summed E-state index contributed by atoms with van der Waals surface area (Å²) >= 11 is 5.75. The molecule has 2 nitrogen and oxygen atoms in total. The zero-order chi connectivity index (χ0) is 13.9. The minimum atomic E-state index is 0.145. The van der Waals surface area contributed by atoms with Gasteiger partial charge in [-0.05, 0) is 29.4 Å². The first-order chi connectivity index (χ1) is 9.03. The van der Waals surface area contributed by atoms with Crippen molar-refractivity contribution in [1.29, 1.82) is 0 Å². The van der Waals surface area contributed by atoms with Crippen molar-refractivity contribution >= 4 is 17.5 Å². The molecule has 0 heterocycles. The highest BCUT2D eigenvalue weighted by Crippen LogP contribution is 2.42. The van der Waals surface area contributed by atoms with Gasteiger partial charge in [-0.1, -0.05) is 44.5 Å². The van der Waals surface area contributed by atoms with Crippen LogP contribution < -0.4 is 5.32 Å². The van der Waals surface area contributed by atoms with Crippen LogP contribution in [-0.4, -0.2) is 5.91 Å². The normalized spacial score (nSPS) is 21.3. The lowest BCUT2D eigenvalue weighted by Gasteiger charge is -2.25. The van der Waals surface area contributed by atoms with E-state index in [1.165, 1.54) is 0 Å². The van der Waals surface area contributed by atoms with Crippen LogP contribution in [-0.2, 0) is 17.2 Å². The quantitative estimate of drug-likeness (QED) is 0.833. The van der Waals surface area contributed by atoms with Crippen LogP contribution in [0, 0.1) is 11.3 Å². The van der Waals surface area contributed by atoms with Crippen LogP contribution in [0.1, 0.15) is 44.2 Å². The van der Waals surface area contributed by atoms with E-state index in [0.717, 1.165) is 30.4 Å². The Balaban J connectivity index is 1.89. The van der Waals surface area contributed by atoms with E-state index < -0.39 is 0 Å². The van der Waals surface area contributed by atoms with Gasteiger partial charge in [0.25, 0.3) is 0 Å². The molecule has 2 rings (SSSR count). The monoisotopic (exact) mass is 279 g/mol. The summed E-state index contributed by atoms with van der Waals surface area (Å²) in [5, 5.41) is 3.06. The Morgan fingerprint density at radius 3 is 2.47 bits per heavy atom. The average Bonchev–Trinajstić information content (AvgIpc) is 2.76. The lowest BCUT2D eigenvalue weighted by atomic mass is 9.81. The largest absolute Gasteiger partial charge is 0.352 e. The van der Waals surface area contributed by atoms with Crippen molar-refractivity contribution in [3.8, 4) is 0 Å². The zero-order valence-electron chi connectivity index (χ0n) is 11.7. The van der Waals surface area contributed by atoms with Gasteiger partial charge in [0.15, 0.2) is 0 Å². The van der Waals surface area contributed by atoms with Crippen molar-refractivity contribution in [2.24, 2.45) is 11.3 Å². The van der Waals surface area contributed by atoms with Gasteiger partial charge in [0.1, 0.15) is 0 Å². The molecule has 1 unspecified atom stereocenters. The molecule has 1 aromatic carbocycles. The van der Waals surface area contributed by atoms with Crippen molar-refractivity contribution in [1.82, 2.24) is 5.32 Å². The summed E-state index contributed by atoms with van der Waals surface area (Å²) in [6, 6.07) is 8.07. The number of rotatable bonds is 4. The van der Waals surface area contributed by atoms with Crippen LogP contribution in [0.3, 0.4) is 0 Å². The molecule has 1 aromatic rings. The topological polar surface area (TPSA) is 29.1 Å². The van der Waals surface area contributed by atoms with Crippen LogP contribution >= 0.6 is 11.6 Å². The number of amides is 1. The van der Waals surface area contributed by atoms with Crippen LogP contribution in [0.25, 0.3) is 0 Å². The van der Waals surface area contributed by atoms with Crippen molar-refractivity contribution < 1.29 is 4.79 Å².